The van der Waals surface area contributed by atoms with E-state index < -0.39 is 0 Å². The molecule has 1 saturated carbocycles. The van der Waals surface area contributed by atoms with Crippen molar-refractivity contribution in [2.24, 2.45) is 17.8 Å². The number of aryl methyl sites for hydroxylation is 1. The van der Waals surface area contributed by atoms with Crippen molar-refractivity contribution in [3.05, 3.63) is 48.0 Å². The van der Waals surface area contributed by atoms with Gasteiger partial charge in [-0.2, -0.15) is 0 Å². The maximum atomic E-state index is 12.5. The Hall–Kier alpha value is -1.87. The van der Waals surface area contributed by atoms with Crippen LogP contribution in [0, 0.1) is 17.8 Å². The molecule has 2 N–H and O–H groups in total. The molecule has 1 unspecified atom stereocenters. The van der Waals surface area contributed by atoms with Crippen LogP contribution < -0.4 is 10.6 Å². The van der Waals surface area contributed by atoms with Gasteiger partial charge in [0.15, 0.2) is 0 Å². The Bertz CT molecular complexity index is 757. The zero-order valence-electron chi connectivity index (χ0n) is 14.5. The SMILES string of the molecule is CC(C)(CCc1ccc2ccccc2c1)NC(=O)C1[C@H]2CNC[C@@H]12. The molecule has 0 bridgehead atoms. The monoisotopic (exact) mass is 322 g/mol. The lowest BCUT2D eigenvalue weighted by Gasteiger charge is -2.27. The minimum Gasteiger partial charge on any atom is -0.351 e. The van der Waals surface area contributed by atoms with Gasteiger partial charge in [-0.1, -0.05) is 42.5 Å². The van der Waals surface area contributed by atoms with Gasteiger partial charge in [-0.3, -0.25) is 4.79 Å². The summed E-state index contributed by atoms with van der Waals surface area (Å²) in [6.45, 7) is 6.31. The molecule has 126 valence electrons. The minimum absolute atomic E-state index is 0.160. The zero-order valence-corrected chi connectivity index (χ0v) is 14.5. The smallest absolute Gasteiger partial charge is 0.224 e. The number of benzene rings is 2. The first-order chi connectivity index (χ1) is 11.5. The predicted octanol–water partition coefficient (Wildman–Crippen LogP) is 3.13. The van der Waals surface area contributed by atoms with Crippen molar-refractivity contribution in [1.29, 1.82) is 0 Å². The highest BCUT2D eigenvalue weighted by Gasteiger charge is 2.57. The number of rotatable bonds is 5. The van der Waals surface area contributed by atoms with Gasteiger partial charge in [0, 0.05) is 11.5 Å². The summed E-state index contributed by atoms with van der Waals surface area (Å²) in [5.74, 6) is 1.68. The second-order valence-corrected chi connectivity index (χ2v) is 8.07. The molecule has 4 rings (SSSR count). The van der Waals surface area contributed by atoms with Crippen LogP contribution in [-0.4, -0.2) is 24.5 Å². The van der Waals surface area contributed by atoms with E-state index in [1.54, 1.807) is 0 Å². The van der Waals surface area contributed by atoms with Crippen LogP contribution >= 0.6 is 0 Å². The second-order valence-electron chi connectivity index (χ2n) is 8.07. The maximum absolute atomic E-state index is 12.5. The predicted molar refractivity (Wildman–Crippen MR) is 97.8 cm³/mol. The maximum Gasteiger partial charge on any atom is 0.224 e. The normalized spacial score (nSPS) is 25.5. The van der Waals surface area contributed by atoms with E-state index in [-0.39, 0.29) is 17.4 Å². The van der Waals surface area contributed by atoms with Crippen LogP contribution in [0.4, 0.5) is 0 Å². The van der Waals surface area contributed by atoms with E-state index in [4.69, 9.17) is 0 Å². The molecule has 3 atom stereocenters. The lowest BCUT2D eigenvalue weighted by molar-refractivity contribution is -0.124. The molecule has 1 aliphatic heterocycles. The van der Waals surface area contributed by atoms with Gasteiger partial charge < -0.3 is 10.6 Å². The van der Waals surface area contributed by atoms with Crippen LogP contribution in [0.25, 0.3) is 10.8 Å². The number of carbonyl (C=O) groups excluding carboxylic acids is 1. The number of amides is 1. The fourth-order valence-electron chi connectivity index (χ4n) is 4.14. The fraction of sp³-hybridized carbons (Fsp3) is 0.476. The van der Waals surface area contributed by atoms with Gasteiger partial charge in [0.1, 0.15) is 0 Å². The summed E-state index contributed by atoms with van der Waals surface area (Å²) < 4.78 is 0. The third-order valence-corrected chi connectivity index (χ3v) is 5.71. The number of piperidine rings is 1. The van der Waals surface area contributed by atoms with Crippen LogP contribution in [0.1, 0.15) is 25.8 Å². The minimum atomic E-state index is -0.160. The van der Waals surface area contributed by atoms with Crippen LogP contribution in [0.3, 0.4) is 0 Å². The number of hydrogen-bond donors (Lipinski definition) is 2. The number of carbonyl (C=O) groups is 1. The fourth-order valence-corrected chi connectivity index (χ4v) is 4.14. The molecule has 1 saturated heterocycles. The molecule has 3 nitrogen and oxygen atoms in total. The van der Waals surface area contributed by atoms with Crippen molar-refractivity contribution in [1.82, 2.24) is 10.6 Å². The lowest BCUT2D eigenvalue weighted by atomic mass is 9.94. The number of nitrogens with one attached hydrogen (secondary N) is 2. The summed E-state index contributed by atoms with van der Waals surface area (Å²) in [5, 5.41) is 9.21. The van der Waals surface area contributed by atoms with Crippen molar-refractivity contribution < 1.29 is 4.79 Å². The first-order valence-corrected chi connectivity index (χ1v) is 9.04. The summed E-state index contributed by atoms with van der Waals surface area (Å²) in [5.41, 5.74) is 1.18. The Balaban J connectivity index is 1.35. The molecule has 2 aromatic rings. The third-order valence-electron chi connectivity index (χ3n) is 5.71. The Kier molecular flexibility index (Phi) is 3.84. The Morgan fingerprint density at radius 3 is 2.58 bits per heavy atom. The van der Waals surface area contributed by atoms with E-state index in [1.807, 2.05) is 0 Å². The summed E-state index contributed by atoms with van der Waals surface area (Å²) in [7, 11) is 0. The zero-order chi connectivity index (χ0) is 16.7. The molecule has 0 spiro atoms. The largest absolute Gasteiger partial charge is 0.351 e. The van der Waals surface area contributed by atoms with Gasteiger partial charge in [-0.25, -0.2) is 0 Å². The highest BCUT2D eigenvalue weighted by Crippen LogP contribution is 2.48. The molecule has 1 aliphatic carbocycles. The van der Waals surface area contributed by atoms with Gasteiger partial charge in [-0.05, 0) is 68.0 Å². The lowest BCUT2D eigenvalue weighted by Crippen LogP contribution is -2.45. The Labute approximate surface area is 143 Å². The average Bonchev–Trinajstić information content (AvgIpc) is 3.06. The van der Waals surface area contributed by atoms with Gasteiger partial charge in [0.05, 0.1) is 0 Å². The standard InChI is InChI=1S/C21H26N2O/c1-21(2,23-20(24)19-17-12-22-13-18(17)19)10-9-14-7-8-15-5-3-4-6-16(15)11-14/h3-8,11,17-19,22H,9-10,12-13H2,1-2H3,(H,23,24)/t17-,18+,19?. The second kappa shape index (κ2) is 5.89. The summed E-state index contributed by atoms with van der Waals surface area (Å²) in [6.07, 6.45) is 1.94. The van der Waals surface area contributed by atoms with Crippen molar-refractivity contribution in [3.8, 4) is 0 Å². The van der Waals surface area contributed by atoms with E-state index in [0.717, 1.165) is 25.9 Å². The molecule has 2 aliphatic rings. The van der Waals surface area contributed by atoms with Crippen LogP contribution in [0.5, 0.6) is 0 Å². The molecule has 24 heavy (non-hydrogen) atoms. The highest BCUT2D eigenvalue weighted by molar-refractivity contribution is 5.83. The molecular formula is C21H26N2O. The first-order valence-electron chi connectivity index (χ1n) is 9.04. The molecule has 0 radical (unpaired) electrons. The van der Waals surface area contributed by atoms with Crippen molar-refractivity contribution >= 4 is 16.7 Å². The van der Waals surface area contributed by atoms with E-state index in [2.05, 4.69) is 66.9 Å². The Morgan fingerprint density at radius 2 is 1.83 bits per heavy atom. The van der Waals surface area contributed by atoms with Crippen LogP contribution in [-0.2, 0) is 11.2 Å². The molecule has 0 aromatic heterocycles. The summed E-state index contributed by atoms with van der Waals surface area (Å²) in [4.78, 5) is 12.5. The first kappa shape index (κ1) is 15.6. The van der Waals surface area contributed by atoms with Gasteiger partial charge in [0.25, 0.3) is 0 Å². The third kappa shape index (κ3) is 3.05. The number of fused-ring (bicyclic) bond motifs is 2. The number of hydrogen-bond acceptors (Lipinski definition) is 2. The Morgan fingerprint density at radius 1 is 1.12 bits per heavy atom. The van der Waals surface area contributed by atoms with E-state index in [9.17, 15) is 4.79 Å². The van der Waals surface area contributed by atoms with Crippen LogP contribution in [0.2, 0.25) is 0 Å². The molecule has 1 heterocycles. The van der Waals surface area contributed by atoms with Gasteiger partial charge in [-0.15, -0.1) is 0 Å². The molecule has 2 aromatic carbocycles. The van der Waals surface area contributed by atoms with Gasteiger partial charge >= 0.3 is 0 Å². The molecule has 3 heteroatoms. The van der Waals surface area contributed by atoms with Crippen molar-refractivity contribution in [2.75, 3.05) is 13.1 Å². The molecule has 2 fully saturated rings. The van der Waals surface area contributed by atoms with Crippen molar-refractivity contribution in [2.45, 2.75) is 32.2 Å². The molecule has 1 amide bonds. The molecular weight excluding hydrogens is 296 g/mol. The summed E-state index contributed by atoms with van der Waals surface area (Å²) >= 11 is 0. The van der Waals surface area contributed by atoms with Gasteiger partial charge in [0.2, 0.25) is 5.91 Å². The van der Waals surface area contributed by atoms with E-state index in [1.165, 1.54) is 16.3 Å². The van der Waals surface area contributed by atoms with E-state index >= 15 is 0 Å². The van der Waals surface area contributed by atoms with E-state index in [0.29, 0.717) is 11.8 Å². The summed E-state index contributed by atoms with van der Waals surface area (Å²) in [6, 6.07) is 15.1. The van der Waals surface area contributed by atoms with Crippen LogP contribution in [0.15, 0.2) is 42.5 Å². The quantitative estimate of drug-likeness (QED) is 0.888. The van der Waals surface area contributed by atoms with Crippen molar-refractivity contribution in [3.63, 3.8) is 0 Å². The average molecular weight is 322 g/mol. The highest BCUT2D eigenvalue weighted by atomic mass is 16.2. The topological polar surface area (TPSA) is 41.1 Å².